The van der Waals surface area contributed by atoms with Gasteiger partial charge in [0.1, 0.15) is 12.1 Å². The average Bonchev–Trinajstić information content (AvgIpc) is 2.99. The number of urea groups is 1. The first-order valence-electron chi connectivity index (χ1n) is 8.53. The van der Waals surface area contributed by atoms with Gasteiger partial charge < -0.3 is 15.1 Å². The molecule has 1 aliphatic rings. The highest BCUT2D eigenvalue weighted by Gasteiger charge is 2.20. The van der Waals surface area contributed by atoms with Crippen molar-refractivity contribution in [3.8, 4) is 0 Å². The highest BCUT2D eigenvalue weighted by Crippen LogP contribution is 2.25. The summed E-state index contributed by atoms with van der Waals surface area (Å²) in [5.41, 5.74) is 1.33. The zero-order valence-corrected chi connectivity index (χ0v) is 15.9. The van der Waals surface area contributed by atoms with Gasteiger partial charge in [-0.25, -0.2) is 4.79 Å². The van der Waals surface area contributed by atoms with Crippen LogP contribution in [0.1, 0.15) is 6.42 Å². The number of carbonyl (C=O) groups is 1. The number of hydrogen-bond acceptors (Lipinski definition) is 5. The summed E-state index contributed by atoms with van der Waals surface area (Å²) in [5.74, 6) is 0.842. The Hall–Kier alpha value is -2.58. The summed E-state index contributed by atoms with van der Waals surface area (Å²) < 4.78 is 1.65. The third kappa shape index (κ3) is 3.91. The van der Waals surface area contributed by atoms with Crippen LogP contribution in [0.25, 0.3) is 5.65 Å². The van der Waals surface area contributed by atoms with Gasteiger partial charge in [-0.1, -0.05) is 23.2 Å². The van der Waals surface area contributed by atoms with Crippen molar-refractivity contribution in [2.24, 2.45) is 0 Å². The maximum absolute atomic E-state index is 12.6. The Morgan fingerprint density at radius 1 is 1.04 bits per heavy atom. The van der Waals surface area contributed by atoms with Crippen LogP contribution in [0.3, 0.4) is 0 Å². The number of fused-ring (bicyclic) bond motifs is 1. The standard InChI is InChI=1S/C17H17Cl2N7O/c18-13-3-2-12(10-14(13)19)21-17(27)25-7-1-6-24(8-9-25)16-5-4-15-22-20-11-26(15)23-16/h2-5,10-11H,1,6-9H2,(H,21,27). The van der Waals surface area contributed by atoms with Crippen LogP contribution >= 0.6 is 23.2 Å². The van der Waals surface area contributed by atoms with Crippen LogP contribution in [0.15, 0.2) is 36.7 Å². The molecule has 0 radical (unpaired) electrons. The Bertz CT molecular complexity index is 977. The lowest BCUT2D eigenvalue weighted by Gasteiger charge is -2.23. The molecule has 1 N–H and O–H groups in total. The highest BCUT2D eigenvalue weighted by molar-refractivity contribution is 6.42. The number of nitrogens with one attached hydrogen (secondary N) is 1. The molecule has 1 saturated heterocycles. The number of aromatic nitrogens is 4. The van der Waals surface area contributed by atoms with E-state index >= 15 is 0 Å². The maximum atomic E-state index is 12.6. The van der Waals surface area contributed by atoms with Gasteiger partial charge in [-0.2, -0.15) is 4.52 Å². The van der Waals surface area contributed by atoms with Gasteiger partial charge in [0.2, 0.25) is 0 Å². The number of carbonyl (C=O) groups excluding carboxylic acids is 1. The zero-order valence-electron chi connectivity index (χ0n) is 14.3. The van der Waals surface area contributed by atoms with Gasteiger partial charge in [0.05, 0.1) is 10.0 Å². The Kier molecular flexibility index (Phi) is 5.00. The van der Waals surface area contributed by atoms with Gasteiger partial charge in [0.25, 0.3) is 0 Å². The number of nitrogens with zero attached hydrogens (tertiary/aromatic N) is 6. The molecular formula is C17H17Cl2N7O. The van der Waals surface area contributed by atoms with Crippen LogP contribution in [0.2, 0.25) is 10.0 Å². The summed E-state index contributed by atoms with van der Waals surface area (Å²) in [4.78, 5) is 16.5. The Labute approximate surface area is 165 Å². The van der Waals surface area contributed by atoms with E-state index in [4.69, 9.17) is 23.2 Å². The minimum absolute atomic E-state index is 0.155. The average molecular weight is 406 g/mol. The molecule has 1 aliphatic heterocycles. The highest BCUT2D eigenvalue weighted by atomic mass is 35.5. The molecular weight excluding hydrogens is 389 g/mol. The van der Waals surface area contributed by atoms with Crippen molar-refractivity contribution >= 4 is 46.4 Å². The van der Waals surface area contributed by atoms with Crippen molar-refractivity contribution in [2.45, 2.75) is 6.42 Å². The van der Waals surface area contributed by atoms with Crippen LogP contribution in [-0.2, 0) is 0 Å². The predicted molar refractivity (Wildman–Crippen MR) is 105 cm³/mol. The first-order chi connectivity index (χ1) is 13.1. The summed E-state index contributed by atoms with van der Waals surface area (Å²) in [6.45, 7) is 2.76. The van der Waals surface area contributed by atoms with Crippen molar-refractivity contribution in [3.05, 3.63) is 46.7 Å². The van der Waals surface area contributed by atoms with Crippen LogP contribution in [0, 0.1) is 0 Å². The van der Waals surface area contributed by atoms with E-state index < -0.39 is 0 Å². The minimum atomic E-state index is -0.155. The first-order valence-corrected chi connectivity index (χ1v) is 9.29. The van der Waals surface area contributed by atoms with Crippen LogP contribution < -0.4 is 10.2 Å². The number of hydrogen-bond donors (Lipinski definition) is 1. The van der Waals surface area contributed by atoms with Crippen molar-refractivity contribution < 1.29 is 4.79 Å². The maximum Gasteiger partial charge on any atom is 0.321 e. The van der Waals surface area contributed by atoms with E-state index in [0.717, 1.165) is 18.8 Å². The van der Waals surface area contributed by atoms with E-state index in [1.807, 2.05) is 12.1 Å². The smallest absolute Gasteiger partial charge is 0.321 e. The third-order valence-corrected chi connectivity index (χ3v) is 5.16. The van der Waals surface area contributed by atoms with Gasteiger partial charge in [-0.05, 0) is 36.8 Å². The first kappa shape index (κ1) is 17.8. The fourth-order valence-electron chi connectivity index (χ4n) is 3.01. The monoisotopic (exact) mass is 405 g/mol. The van der Waals surface area contributed by atoms with E-state index in [9.17, 15) is 4.79 Å². The SMILES string of the molecule is O=C(Nc1ccc(Cl)c(Cl)c1)N1CCCN(c2ccc3nncn3n2)CC1. The second-order valence-corrected chi connectivity index (χ2v) is 7.03. The van der Waals surface area contributed by atoms with Gasteiger partial charge >= 0.3 is 6.03 Å². The molecule has 4 rings (SSSR count). The molecule has 2 amide bonds. The largest absolute Gasteiger partial charge is 0.353 e. The number of amides is 2. The van der Waals surface area contributed by atoms with Crippen LogP contribution in [0.4, 0.5) is 16.3 Å². The van der Waals surface area contributed by atoms with E-state index in [1.54, 1.807) is 33.9 Å². The number of benzene rings is 1. The second-order valence-electron chi connectivity index (χ2n) is 6.21. The summed E-state index contributed by atoms with van der Waals surface area (Å²) in [6.07, 6.45) is 2.42. The quantitative estimate of drug-likeness (QED) is 0.707. The van der Waals surface area contributed by atoms with Gasteiger partial charge in [-0.15, -0.1) is 15.3 Å². The topological polar surface area (TPSA) is 78.7 Å². The van der Waals surface area contributed by atoms with Crippen molar-refractivity contribution in [2.75, 3.05) is 36.4 Å². The molecule has 3 heterocycles. The third-order valence-electron chi connectivity index (χ3n) is 4.43. The minimum Gasteiger partial charge on any atom is -0.353 e. The van der Waals surface area contributed by atoms with E-state index in [1.165, 1.54) is 0 Å². The molecule has 0 unspecified atom stereocenters. The van der Waals surface area contributed by atoms with Crippen molar-refractivity contribution in [3.63, 3.8) is 0 Å². The van der Waals surface area contributed by atoms with E-state index in [-0.39, 0.29) is 6.03 Å². The van der Waals surface area contributed by atoms with Gasteiger partial charge in [0, 0.05) is 31.9 Å². The molecule has 0 aliphatic carbocycles. The molecule has 2 aromatic heterocycles. The molecule has 0 saturated carbocycles. The normalized spacial score (nSPS) is 15.0. The molecule has 0 spiro atoms. The second kappa shape index (κ2) is 7.58. The molecule has 0 atom stereocenters. The molecule has 8 nitrogen and oxygen atoms in total. The summed E-state index contributed by atoms with van der Waals surface area (Å²) >= 11 is 11.9. The van der Waals surface area contributed by atoms with E-state index in [0.29, 0.717) is 41.0 Å². The predicted octanol–water partition coefficient (Wildman–Crippen LogP) is 3.18. The number of anilines is 2. The lowest BCUT2D eigenvalue weighted by Crippen LogP contribution is -2.38. The molecule has 27 heavy (non-hydrogen) atoms. The summed E-state index contributed by atoms with van der Waals surface area (Å²) in [7, 11) is 0. The fourth-order valence-corrected chi connectivity index (χ4v) is 3.31. The Morgan fingerprint density at radius 2 is 1.93 bits per heavy atom. The molecule has 10 heteroatoms. The number of rotatable bonds is 2. The van der Waals surface area contributed by atoms with Crippen LogP contribution in [-0.4, -0.2) is 56.9 Å². The molecule has 0 bridgehead atoms. The fraction of sp³-hybridized carbons (Fsp3) is 0.294. The van der Waals surface area contributed by atoms with Gasteiger partial charge in [-0.3, -0.25) is 0 Å². The molecule has 1 aromatic carbocycles. The van der Waals surface area contributed by atoms with Crippen LogP contribution in [0.5, 0.6) is 0 Å². The lowest BCUT2D eigenvalue weighted by molar-refractivity contribution is 0.215. The number of halogens is 2. The van der Waals surface area contributed by atoms with E-state index in [2.05, 4.69) is 25.5 Å². The molecule has 1 fully saturated rings. The summed E-state index contributed by atoms with van der Waals surface area (Å²) in [6, 6.07) is 8.69. The van der Waals surface area contributed by atoms with Crippen molar-refractivity contribution in [1.29, 1.82) is 0 Å². The molecule has 3 aromatic rings. The molecule has 140 valence electrons. The summed E-state index contributed by atoms with van der Waals surface area (Å²) in [5, 5.41) is 16.1. The lowest BCUT2D eigenvalue weighted by atomic mass is 10.3. The Morgan fingerprint density at radius 3 is 2.78 bits per heavy atom. The van der Waals surface area contributed by atoms with Crippen molar-refractivity contribution in [1.82, 2.24) is 24.7 Å². The Balaban J connectivity index is 1.41. The van der Waals surface area contributed by atoms with Gasteiger partial charge in [0.15, 0.2) is 5.65 Å². The zero-order chi connectivity index (χ0) is 18.8.